The molecule has 0 radical (unpaired) electrons. The molecule has 1 spiro atoms. The van der Waals surface area contributed by atoms with Crippen LogP contribution >= 0.6 is 0 Å². The molecule has 126 valence electrons. The number of rotatable bonds is 3. The molecule has 2 aliphatic heterocycles. The zero-order valence-corrected chi connectivity index (χ0v) is 14.2. The van der Waals surface area contributed by atoms with E-state index in [-0.39, 0.29) is 5.54 Å². The molecular weight excluding hydrogens is 296 g/mol. The van der Waals surface area contributed by atoms with Crippen LogP contribution in [0.4, 0.5) is 5.82 Å². The zero-order valence-electron chi connectivity index (χ0n) is 14.2. The van der Waals surface area contributed by atoms with Gasteiger partial charge >= 0.3 is 0 Å². The lowest BCUT2D eigenvalue weighted by Gasteiger charge is -2.46. The number of hydrogen-bond donors (Lipinski definition) is 2. The molecule has 3 N–H and O–H groups in total. The van der Waals surface area contributed by atoms with Gasteiger partial charge in [0.05, 0.1) is 0 Å². The van der Waals surface area contributed by atoms with Crippen LogP contribution in [0.5, 0.6) is 0 Å². The number of aromatic nitrogens is 1. The molecule has 0 unspecified atom stereocenters. The first kappa shape index (κ1) is 15.6. The number of nitrogens with one attached hydrogen (secondary N) is 1. The molecule has 0 bridgehead atoms. The molecule has 24 heavy (non-hydrogen) atoms. The first-order valence-electron chi connectivity index (χ1n) is 9.01. The van der Waals surface area contributed by atoms with Crippen LogP contribution in [0, 0.1) is 0 Å². The van der Waals surface area contributed by atoms with Gasteiger partial charge in [-0.2, -0.15) is 0 Å². The normalized spacial score (nSPS) is 20.0. The minimum absolute atomic E-state index is 0.201. The number of nitrogens with two attached hydrogens (primary N) is 1. The Morgan fingerprint density at radius 3 is 2.83 bits per heavy atom. The van der Waals surface area contributed by atoms with E-state index in [1.54, 1.807) is 6.20 Å². The Hall–Kier alpha value is -1.91. The van der Waals surface area contributed by atoms with E-state index < -0.39 is 0 Å². The Labute approximate surface area is 144 Å². The Bertz CT molecular complexity index is 704. The number of nitrogens with zero attached hydrogens (tertiary/aromatic N) is 2. The first-order valence-corrected chi connectivity index (χ1v) is 9.01. The van der Waals surface area contributed by atoms with Crippen LogP contribution in [0.15, 0.2) is 42.6 Å². The van der Waals surface area contributed by atoms with Crippen molar-refractivity contribution in [2.24, 2.45) is 0 Å². The molecule has 1 saturated heterocycles. The van der Waals surface area contributed by atoms with Crippen LogP contribution in [0.25, 0.3) is 0 Å². The highest BCUT2D eigenvalue weighted by atomic mass is 15.2. The molecule has 1 aromatic carbocycles. The Kier molecular flexibility index (Phi) is 4.25. The lowest BCUT2D eigenvalue weighted by Crippen LogP contribution is -2.54. The number of anilines is 1. The standard InChI is InChI=1S/C20H26N4/c21-19-15-16(5-10-22-19)7-12-24-13-8-20(9-14-24)18-4-2-1-3-17(18)6-11-23-20/h1-5,10,15,23H,6-9,11-14H2,(H2,21,22). The third-order valence-electron chi connectivity index (χ3n) is 5.66. The molecule has 4 rings (SSSR count). The maximum Gasteiger partial charge on any atom is 0.123 e. The molecule has 1 fully saturated rings. The van der Waals surface area contributed by atoms with E-state index in [2.05, 4.69) is 45.5 Å². The van der Waals surface area contributed by atoms with E-state index in [0.29, 0.717) is 5.82 Å². The van der Waals surface area contributed by atoms with E-state index in [0.717, 1.165) is 39.0 Å². The Morgan fingerprint density at radius 1 is 1.17 bits per heavy atom. The van der Waals surface area contributed by atoms with E-state index in [4.69, 9.17) is 5.73 Å². The number of fused-ring (bicyclic) bond motifs is 2. The maximum absolute atomic E-state index is 5.77. The summed E-state index contributed by atoms with van der Waals surface area (Å²) in [4.78, 5) is 6.65. The lowest BCUT2D eigenvalue weighted by molar-refractivity contribution is 0.130. The maximum atomic E-state index is 5.77. The quantitative estimate of drug-likeness (QED) is 0.911. The van der Waals surface area contributed by atoms with Gasteiger partial charge in [-0.3, -0.25) is 0 Å². The number of piperidine rings is 1. The SMILES string of the molecule is Nc1cc(CCN2CCC3(CC2)NCCc2ccccc23)ccn1. The van der Waals surface area contributed by atoms with Crippen LogP contribution in [-0.4, -0.2) is 36.1 Å². The van der Waals surface area contributed by atoms with Crippen molar-refractivity contribution in [1.29, 1.82) is 0 Å². The van der Waals surface area contributed by atoms with Crippen LogP contribution in [0.1, 0.15) is 29.5 Å². The fraction of sp³-hybridized carbons (Fsp3) is 0.450. The van der Waals surface area contributed by atoms with Crippen molar-refractivity contribution in [2.75, 3.05) is 31.9 Å². The van der Waals surface area contributed by atoms with Gasteiger partial charge in [0, 0.05) is 37.9 Å². The number of likely N-dealkylation sites (tertiary alicyclic amines) is 1. The summed E-state index contributed by atoms with van der Waals surface area (Å²) in [6.45, 7) is 4.51. The zero-order chi connectivity index (χ0) is 16.4. The van der Waals surface area contributed by atoms with Crippen molar-refractivity contribution < 1.29 is 0 Å². The van der Waals surface area contributed by atoms with Crippen LogP contribution in [0.3, 0.4) is 0 Å². The van der Waals surface area contributed by atoms with Crippen molar-refractivity contribution >= 4 is 5.82 Å². The molecule has 0 aliphatic carbocycles. The molecule has 0 atom stereocenters. The van der Waals surface area contributed by atoms with Gasteiger partial charge in [0.15, 0.2) is 0 Å². The van der Waals surface area contributed by atoms with Gasteiger partial charge in [-0.05, 0) is 54.5 Å². The van der Waals surface area contributed by atoms with Crippen LogP contribution in [-0.2, 0) is 18.4 Å². The number of hydrogen-bond acceptors (Lipinski definition) is 4. The van der Waals surface area contributed by atoms with Gasteiger partial charge in [-0.1, -0.05) is 24.3 Å². The third kappa shape index (κ3) is 3.04. The monoisotopic (exact) mass is 322 g/mol. The fourth-order valence-electron chi connectivity index (χ4n) is 4.28. The number of nitrogen functional groups attached to an aromatic ring is 1. The third-order valence-corrected chi connectivity index (χ3v) is 5.66. The number of pyridine rings is 1. The van der Waals surface area contributed by atoms with Crippen molar-refractivity contribution in [3.63, 3.8) is 0 Å². The first-order chi connectivity index (χ1) is 11.8. The largest absolute Gasteiger partial charge is 0.384 e. The highest BCUT2D eigenvalue weighted by Crippen LogP contribution is 2.37. The molecule has 0 amide bonds. The Balaban J connectivity index is 1.39. The second-order valence-corrected chi connectivity index (χ2v) is 7.10. The van der Waals surface area contributed by atoms with Gasteiger partial charge in [0.25, 0.3) is 0 Å². The predicted octanol–water partition coefficient (Wildman–Crippen LogP) is 2.34. The molecule has 4 nitrogen and oxygen atoms in total. The van der Waals surface area contributed by atoms with Crippen molar-refractivity contribution in [3.8, 4) is 0 Å². The fourth-order valence-corrected chi connectivity index (χ4v) is 4.28. The second-order valence-electron chi connectivity index (χ2n) is 7.10. The van der Waals surface area contributed by atoms with E-state index in [1.807, 2.05) is 6.07 Å². The molecule has 2 aromatic rings. The molecule has 1 aromatic heterocycles. The molecule has 4 heteroatoms. The predicted molar refractivity (Wildman–Crippen MR) is 97.9 cm³/mol. The summed E-state index contributed by atoms with van der Waals surface area (Å²) in [6.07, 6.45) is 6.40. The lowest BCUT2D eigenvalue weighted by atomic mass is 9.76. The van der Waals surface area contributed by atoms with E-state index in [9.17, 15) is 0 Å². The summed E-state index contributed by atoms with van der Waals surface area (Å²) in [6, 6.07) is 13.1. The second kappa shape index (κ2) is 6.54. The van der Waals surface area contributed by atoms with Crippen molar-refractivity contribution in [2.45, 2.75) is 31.2 Å². The van der Waals surface area contributed by atoms with Gasteiger partial charge < -0.3 is 16.0 Å². The summed E-state index contributed by atoms with van der Waals surface area (Å²) >= 11 is 0. The topological polar surface area (TPSA) is 54.2 Å². The van der Waals surface area contributed by atoms with Gasteiger partial charge in [0.2, 0.25) is 0 Å². The molecular formula is C20H26N4. The van der Waals surface area contributed by atoms with E-state index >= 15 is 0 Å². The van der Waals surface area contributed by atoms with Crippen LogP contribution < -0.4 is 11.1 Å². The summed E-state index contributed by atoms with van der Waals surface area (Å²) in [7, 11) is 0. The smallest absolute Gasteiger partial charge is 0.123 e. The summed E-state index contributed by atoms with van der Waals surface area (Å²) in [5.74, 6) is 0.619. The Morgan fingerprint density at radius 2 is 2.00 bits per heavy atom. The summed E-state index contributed by atoms with van der Waals surface area (Å²) < 4.78 is 0. The summed E-state index contributed by atoms with van der Waals surface area (Å²) in [5, 5.41) is 3.84. The minimum Gasteiger partial charge on any atom is -0.384 e. The van der Waals surface area contributed by atoms with Gasteiger partial charge in [-0.25, -0.2) is 4.98 Å². The van der Waals surface area contributed by atoms with E-state index in [1.165, 1.54) is 29.5 Å². The van der Waals surface area contributed by atoms with Crippen molar-refractivity contribution in [1.82, 2.24) is 15.2 Å². The molecule has 2 aliphatic rings. The molecule has 3 heterocycles. The highest BCUT2D eigenvalue weighted by molar-refractivity contribution is 5.37. The summed E-state index contributed by atoms with van der Waals surface area (Å²) in [5.41, 5.74) is 10.3. The van der Waals surface area contributed by atoms with Crippen molar-refractivity contribution in [3.05, 3.63) is 59.3 Å². The van der Waals surface area contributed by atoms with Gasteiger partial charge in [-0.15, -0.1) is 0 Å². The average Bonchev–Trinajstić information content (AvgIpc) is 2.62. The van der Waals surface area contributed by atoms with Gasteiger partial charge in [0.1, 0.15) is 5.82 Å². The number of benzene rings is 1. The average molecular weight is 322 g/mol. The molecule has 0 saturated carbocycles. The minimum atomic E-state index is 0.201. The highest BCUT2D eigenvalue weighted by Gasteiger charge is 2.38. The van der Waals surface area contributed by atoms with Crippen LogP contribution in [0.2, 0.25) is 0 Å².